The monoisotopic (exact) mass is 411 g/mol. The number of rotatable bonds is 3. The molecule has 0 spiro atoms. The number of fused-ring (bicyclic) bond motifs is 1. The fraction of sp³-hybridized carbons (Fsp3) is 0.333. The van der Waals surface area contributed by atoms with Gasteiger partial charge >= 0.3 is 6.09 Å². The van der Waals surface area contributed by atoms with Gasteiger partial charge in [-0.1, -0.05) is 29.8 Å². The molecule has 0 saturated carbocycles. The fourth-order valence-electron chi connectivity index (χ4n) is 3.98. The SMILES string of the molecule is Cc1ccc2c(c1)COC(=O)N2C1CCN(S(=O)(=O)c2ccccc2C#N)CC1. The molecule has 0 aromatic heterocycles. The van der Waals surface area contributed by atoms with E-state index in [0.717, 1.165) is 16.8 Å². The van der Waals surface area contributed by atoms with Crippen molar-refractivity contribution in [2.75, 3.05) is 18.0 Å². The van der Waals surface area contributed by atoms with Gasteiger partial charge < -0.3 is 4.74 Å². The summed E-state index contributed by atoms with van der Waals surface area (Å²) in [6.45, 7) is 2.80. The van der Waals surface area contributed by atoms with E-state index >= 15 is 0 Å². The summed E-state index contributed by atoms with van der Waals surface area (Å²) in [5, 5.41) is 9.24. The molecule has 0 unspecified atom stereocenters. The van der Waals surface area contributed by atoms with E-state index in [1.54, 1.807) is 17.0 Å². The predicted octanol–water partition coefficient (Wildman–Crippen LogP) is 3.18. The lowest BCUT2D eigenvalue weighted by Crippen LogP contribution is -2.50. The van der Waals surface area contributed by atoms with Crippen molar-refractivity contribution in [2.45, 2.75) is 37.3 Å². The third-order valence-corrected chi connectivity index (χ3v) is 7.41. The molecule has 1 fully saturated rings. The molecule has 8 heteroatoms. The Balaban J connectivity index is 1.55. The zero-order valence-corrected chi connectivity index (χ0v) is 16.9. The number of benzene rings is 2. The van der Waals surface area contributed by atoms with Gasteiger partial charge in [-0.15, -0.1) is 0 Å². The molecule has 2 heterocycles. The number of hydrogen-bond donors (Lipinski definition) is 0. The molecule has 0 bridgehead atoms. The summed E-state index contributed by atoms with van der Waals surface area (Å²) in [5.74, 6) is 0. The zero-order valence-electron chi connectivity index (χ0n) is 16.0. The van der Waals surface area contributed by atoms with Crippen molar-refractivity contribution in [3.8, 4) is 6.07 Å². The molecule has 150 valence electrons. The van der Waals surface area contributed by atoms with Crippen molar-refractivity contribution in [2.24, 2.45) is 0 Å². The van der Waals surface area contributed by atoms with Gasteiger partial charge in [0, 0.05) is 24.7 Å². The number of sulfonamides is 1. The van der Waals surface area contributed by atoms with E-state index in [2.05, 4.69) is 0 Å². The van der Waals surface area contributed by atoms with Crippen LogP contribution in [0.2, 0.25) is 0 Å². The number of amides is 1. The van der Waals surface area contributed by atoms with Gasteiger partial charge in [0.2, 0.25) is 10.0 Å². The first kappa shape index (κ1) is 19.4. The van der Waals surface area contributed by atoms with Crippen LogP contribution in [0.4, 0.5) is 10.5 Å². The predicted molar refractivity (Wildman–Crippen MR) is 107 cm³/mol. The summed E-state index contributed by atoms with van der Waals surface area (Å²) in [4.78, 5) is 14.1. The topological polar surface area (TPSA) is 90.7 Å². The molecule has 1 saturated heterocycles. The number of nitrogens with zero attached hydrogens (tertiary/aromatic N) is 3. The van der Waals surface area contributed by atoms with E-state index in [9.17, 15) is 18.5 Å². The van der Waals surface area contributed by atoms with Crippen LogP contribution in [0.3, 0.4) is 0 Å². The van der Waals surface area contributed by atoms with Crippen LogP contribution in [0.25, 0.3) is 0 Å². The molecule has 0 radical (unpaired) electrons. The third-order valence-electron chi connectivity index (χ3n) is 5.46. The average molecular weight is 411 g/mol. The Morgan fingerprint density at radius 2 is 1.86 bits per heavy atom. The maximum Gasteiger partial charge on any atom is 0.414 e. The standard InChI is InChI=1S/C21H21N3O4S/c1-15-6-7-19-17(12-15)14-28-21(25)24(19)18-8-10-23(11-9-18)29(26,27)20-5-3-2-4-16(20)13-22/h2-7,12,18H,8-11,14H2,1H3. The molecule has 0 N–H and O–H groups in total. The van der Waals surface area contributed by atoms with Gasteiger partial charge in [0.25, 0.3) is 0 Å². The maximum atomic E-state index is 13.0. The highest BCUT2D eigenvalue weighted by molar-refractivity contribution is 7.89. The first-order valence-electron chi connectivity index (χ1n) is 9.46. The normalized spacial score (nSPS) is 18.1. The van der Waals surface area contributed by atoms with Gasteiger partial charge in [0.15, 0.2) is 0 Å². The Morgan fingerprint density at radius 3 is 2.59 bits per heavy atom. The summed E-state index contributed by atoms with van der Waals surface area (Å²) in [6.07, 6.45) is 0.602. The number of carbonyl (C=O) groups excluding carboxylic acids is 1. The molecule has 2 aliphatic heterocycles. The van der Waals surface area contributed by atoms with Gasteiger partial charge in [-0.2, -0.15) is 9.57 Å². The minimum atomic E-state index is -3.76. The van der Waals surface area contributed by atoms with Crippen LogP contribution in [0.15, 0.2) is 47.4 Å². The molecule has 2 aromatic carbocycles. The molecule has 4 rings (SSSR count). The Morgan fingerprint density at radius 1 is 1.14 bits per heavy atom. The number of cyclic esters (lactones) is 1. The summed E-state index contributed by atoms with van der Waals surface area (Å²) < 4.78 is 32.8. The van der Waals surface area contributed by atoms with Crippen LogP contribution < -0.4 is 4.90 Å². The zero-order chi connectivity index (χ0) is 20.6. The lowest BCUT2D eigenvalue weighted by atomic mass is 10.0. The second-order valence-electron chi connectivity index (χ2n) is 7.30. The molecule has 2 aliphatic rings. The highest BCUT2D eigenvalue weighted by atomic mass is 32.2. The van der Waals surface area contributed by atoms with Crippen molar-refractivity contribution >= 4 is 21.8 Å². The highest BCUT2D eigenvalue weighted by Crippen LogP contribution is 2.33. The van der Waals surface area contributed by atoms with Crippen molar-refractivity contribution in [3.05, 3.63) is 59.2 Å². The second-order valence-corrected chi connectivity index (χ2v) is 9.21. The van der Waals surface area contributed by atoms with Crippen molar-refractivity contribution in [1.29, 1.82) is 5.26 Å². The quantitative estimate of drug-likeness (QED) is 0.774. The summed E-state index contributed by atoms with van der Waals surface area (Å²) >= 11 is 0. The van der Waals surface area contributed by atoms with Crippen molar-refractivity contribution in [1.82, 2.24) is 4.31 Å². The van der Waals surface area contributed by atoms with Crippen LogP contribution in [0.5, 0.6) is 0 Å². The highest BCUT2D eigenvalue weighted by Gasteiger charge is 2.37. The smallest absolute Gasteiger partial charge is 0.414 e. The summed E-state index contributed by atoms with van der Waals surface area (Å²) in [6, 6.07) is 13.9. The van der Waals surface area contributed by atoms with E-state index in [0.29, 0.717) is 12.8 Å². The minimum absolute atomic E-state index is 0.0270. The van der Waals surface area contributed by atoms with Gasteiger partial charge in [-0.25, -0.2) is 13.2 Å². The van der Waals surface area contributed by atoms with Crippen molar-refractivity contribution < 1.29 is 17.9 Å². The number of carbonyl (C=O) groups is 1. The number of aryl methyl sites for hydroxylation is 1. The van der Waals surface area contributed by atoms with Gasteiger partial charge in [0.1, 0.15) is 12.7 Å². The van der Waals surface area contributed by atoms with E-state index in [4.69, 9.17) is 4.74 Å². The van der Waals surface area contributed by atoms with E-state index in [-0.39, 0.29) is 36.2 Å². The number of hydrogen-bond acceptors (Lipinski definition) is 5. The Labute approximate surface area is 170 Å². The van der Waals surface area contributed by atoms with Crippen LogP contribution in [-0.2, 0) is 21.4 Å². The number of anilines is 1. The molecule has 7 nitrogen and oxygen atoms in total. The van der Waals surface area contributed by atoms with Crippen LogP contribution in [-0.4, -0.2) is 37.9 Å². The van der Waals surface area contributed by atoms with E-state index < -0.39 is 16.1 Å². The number of ether oxygens (including phenoxy) is 1. The largest absolute Gasteiger partial charge is 0.444 e. The van der Waals surface area contributed by atoms with Gasteiger partial charge in [-0.05, 0) is 38.0 Å². The summed E-state index contributed by atoms with van der Waals surface area (Å²) in [5.41, 5.74) is 3.03. The molecule has 1 amide bonds. The van der Waals surface area contributed by atoms with Gasteiger partial charge in [-0.3, -0.25) is 4.90 Å². The van der Waals surface area contributed by atoms with Crippen LogP contribution in [0.1, 0.15) is 29.5 Å². The average Bonchev–Trinajstić information content (AvgIpc) is 2.74. The van der Waals surface area contributed by atoms with Gasteiger partial charge in [0.05, 0.1) is 16.1 Å². The molecule has 2 aromatic rings. The first-order chi connectivity index (χ1) is 13.9. The minimum Gasteiger partial charge on any atom is -0.444 e. The Hall–Kier alpha value is -2.89. The fourth-order valence-corrected chi connectivity index (χ4v) is 5.59. The van der Waals surface area contributed by atoms with E-state index in [1.807, 2.05) is 31.2 Å². The van der Waals surface area contributed by atoms with Crippen LogP contribution >= 0.6 is 0 Å². The number of nitriles is 1. The lowest BCUT2D eigenvalue weighted by molar-refractivity contribution is 0.135. The molecule has 0 atom stereocenters. The van der Waals surface area contributed by atoms with Crippen molar-refractivity contribution in [3.63, 3.8) is 0 Å². The molecule has 29 heavy (non-hydrogen) atoms. The second kappa shape index (κ2) is 7.50. The molecular formula is C21H21N3O4S. The maximum absolute atomic E-state index is 13.0. The first-order valence-corrected chi connectivity index (χ1v) is 10.9. The van der Waals surface area contributed by atoms with E-state index in [1.165, 1.54) is 16.4 Å². The lowest BCUT2D eigenvalue weighted by Gasteiger charge is -2.39. The third kappa shape index (κ3) is 3.48. The number of piperidine rings is 1. The molecular weight excluding hydrogens is 390 g/mol. The Bertz CT molecular complexity index is 1100. The molecule has 0 aliphatic carbocycles. The van der Waals surface area contributed by atoms with Crippen LogP contribution in [0, 0.1) is 18.3 Å². The summed E-state index contributed by atoms with van der Waals surface area (Å²) in [7, 11) is -3.76. The Kier molecular flexibility index (Phi) is 5.03.